The van der Waals surface area contributed by atoms with E-state index in [1.165, 1.54) is 0 Å². The van der Waals surface area contributed by atoms with Crippen molar-refractivity contribution < 1.29 is 52.2 Å². The van der Waals surface area contributed by atoms with Crippen molar-refractivity contribution in [2.75, 3.05) is 131 Å². The first-order valence-electron chi connectivity index (χ1n) is 11.9. The molecule has 208 valence electrons. The maximum absolute atomic E-state index is 10.8. The third-order valence-electron chi connectivity index (χ3n) is 3.84. The Balaban J connectivity index is 3.03. The molecule has 0 aromatic heterocycles. The van der Waals surface area contributed by atoms with E-state index < -0.39 is 5.97 Å². The van der Waals surface area contributed by atoms with Gasteiger partial charge in [0.15, 0.2) is 0 Å². The van der Waals surface area contributed by atoms with Gasteiger partial charge in [-0.15, -0.1) is 0 Å². The van der Waals surface area contributed by atoms with Crippen LogP contribution < -0.4 is 0 Å². The number of carbonyl (C=O) groups excluding carboxylic acids is 1. The number of alkyl halides is 1. The van der Waals surface area contributed by atoms with Crippen molar-refractivity contribution in [1.82, 2.24) is 0 Å². The van der Waals surface area contributed by atoms with Crippen molar-refractivity contribution in [3.63, 3.8) is 0 Å². The summed E-state index contributed by atoms with van der Waals surface area (Å²) >= 11 is 3.29. The quantitative estimate of drug-likeness (QED) is 0.0535. The van der Waals surface area contributed by atoms with E-state index >= 15 is 0 Å². The second-order valence-electron chi connectivity index (χ2n) is 6.57. The minimum Gasteiger partial charge on any atom is -0.460 e. The fraction of sp³-hybridized carbons (Fsp3) is 0.870. The average molecular weight is 575 g/mol. The highest BCUT2D eigenvalue weighted by molar-refractivity contribution is 9.09. The van der Waals surface area contributed by atoms with Crippen LogP contribution in [0.1, 0.15) is 0 Å². The fourth-order valence-corrected chi connectivity index (χ4v) is 2.40. The number of rotatable bonds is 30. The van der Waals surface area contributed by atoms with Gasteiger partial charge in [-0.2, -0.15) is 0 Å². The number of hydrogen-bond acceptors (Lipinski definition) is 11. The Morgan fingerprint density at radius 2 is 0.686 bits per heavy atom. The molecule has 0 heterocycles. The highest BCUT2D eigenvalue weighted by Gasteiger charge is 1.97. The van der Waals surface area contributed by atoms with Crippen molar-refractivity contribution >= 4 is 21.9 Å². The first-order chi connectivity index (χ1) is 17.3. The van der Waals surface area contributed by atoms with Gasteiger partial charge >= 0.3 is 5.97 Å². The average Bonchev–Trinajstić information content (AvgIpc) is 2.87. The van der Waals surface area contributed by atoms with Gasteiger partial charge < -0.3 is 47.4 Å². The number of carbonyl (C=O) groups is 1. The highest BCUT2D eigenvalue weighted by Crippen LogP contribution is 1.87. The van der Waals surface area contributed by atoms with Crippen molar-refractivity contribution in [2.45, 2.75) is 0 Å². The Labute approximate surface area is 217 Å². The van der Waals surface area contributed by atoms with E-state index in [1.807, 2.05) is 0 Å². The molecule has 12 heteroatoms. The van der Waals surface area contributed by atoms with Crippen molar-refractivity contribution in [2.24, 2.45) is 0 Å². The van der Waals surface area contributed by atoms with Gasteiger partial charge in [-0.05, 0) is 0 Å². The van der Waals surface area contributed by atoms with Crippen molar-refractivity contribution in [3.8, 4) is 0 Å². The first kappa shape index (κ1) is 34.3. The molecule has 35 heavy (non-hydrogen) atoms. The molecule has 0 aromatic rings. The van der Waals surface area contributed by atoms with Crippen LogP contribution in [0.25, 0.3) is 0 Å². The van der Waals surface area contributed by atoms with E-state index in [0.717, 1.165) is 11.4 Å². The van der Waals surface area contributed by atoms with Crippen LogP contribution in [0.5, 0.6) is 0 Å². The Bertz CT molecular complexity index is 444. The van der Waals surface area contributed by atoms with Crippen molar-refractivity contribution in [1.29, 1.82) is 0 Å². The second-order valence-corrected chi connectivity index (χ2v) is 7.36. The lowest BCUT2D eigenvalue weighted by Gasteiger charge is -2.09. The zero-order valence-corrected chi connectivity index (χ0v) is 22.4. The molecule has 0 bridgehead atoms. The number of halogens is 1. The van der Waals surface area contributed by atoms with Crippen molar-refractivity contribution in [3.05, 3.63) is 12.7 Å². The summed E-state index contributed by atoms with van der Waals surface area (Å²) in [5.41, 5.74) is 0. The van der Waals surface area contributed by atoms with Gasteiger partial charge in [0.1, 0.15) is 6.61 Å². The lowest BCUT2D eigenvalue weighted by molar-refractivity contribution is -0.139. The maximum Gasteiger partial charge on any atom is 0.330 e. The van der Waals surface area contributed by atoms with Gasteiger partial charge in [0.25, 0.3) is 0 Å². The van der Waals surface area contributed by atoms with Gasteiger partial charge in [-0.25, -0.2) is 4.79 Å². The van der Waals surface area contributed by atoms with E-state index in [1.54, 1.807) is 0 Å². The number of esters is 1. The lowest BCUT2D eigenvalue weighted by atomic mass is 10.6. The molecule has 0 saturated heterocycles. The van der Waals surface area contributed by atoms with Gasteiger partial charge in [0.2, 0.25) is 0 Å². The van der Waals surface area contributed by atoms with Crippen LogP contribution in [0.15, 0.2) is 12.7 Å². The topological polar surface area (TPSA) is 109 Å². The summed E-state index contributed by atoms with van der Waals surface area (Å²) in [5.74, 6) is -0.456. The molecule has 0 radical (unpaired) electrons. The molecule has 0 atom stereocenters. The van der Waals surface area contributed by atoms with Crippen LogP contribution >= 0.6 is 15.9 Å². The van der Waals surface area contributed by atoms with Crippen LogP contribution in [-0.4, -0.2) is 137 Å². The molecule has 0 aliphatic carbocycles. The maximum atomic E-state index is 10.8. The molecule has 0 aromatic carbocycles. The third-order valence-corrected chi connectivity index (χ3v) is 4.16. The van der Waals surface area contributed by atoms with E-state index in [9.17, 15) is 4.79 Å². The minimum absolute atomic E-state index is 0.203. The zero-order valence-electron chi connectivity index (χ0n) is 20.8. The van der Waals surface area contributed by atoms with E-state index in [-0.39, 0.29) is 6.61 Å². The molecule has 0 aliphatic rings. The molecular formula is C23H43BrO11. The Morgan fingerprint density at radius 3 is 0.914 bits per heavy atom. The summed E-state index contributed by atoms with van der Waals surface area (Å²) in [4.78, 5) is 10.8. The van der Waals surface area contributed by atoms with E-state index in [2.05, 4.69) is 22.5 Å². The van der Waals surface area contributed by atoms with Crippen LogP contribution in [0.3, 0.4) is 0 Å². The molecule has 0 rings (SSSR count). The van der Waals surface area contributed by atoms with Gasteiger partial charge in [-0.3, -0.25) is 0 Å². The minimum atomic E-state index is -0.456. The van der Waals surface area contributed by atoms with Crippen LogP contribution in [-0.2, 0) is 52.2 Å². The Morgan fingerprint density at radius 1 is 0.457 bits per heavy atom. The molecule has 0 aliphatic heterocycles. The summed E-state index contributed by atoms with van der Waals surface area (Å²) in [6, 6.07) is 0. The fourth-order valence-electron chi connectivity index (χ4n) is 2.18. The van der Waals surface area contributed by atoms with E-state index in [4.69, 9.17) is 47.4 Å². The smallest absolute Gasteiger partial charge is 0.330 e. The van der Waals surface area contributed by atoms with E-state index in [0.29, 0.717) is 119 Å². The molecular weight excluding hydrogens is 532 g/mol. The predicted molar refractivity (Wildman–Crippen MR) is 132 cm³/mol. The summed E-state index contributed by atoms with van der Waals surface area (Å²) in [6.45, 7) is 12.7. The molecule has 0 saturated carbocycles. The Hall–Kier alpha value is -0.670. The predicted octanol–water partition coefficient (Wildman–Crippen LogP) is 1.26. The Kier molecular flexibility index (Phi) is 30.8. The standard InChI is InChI=1S/C23H43BrO11/c1-2-23(25)35-22-21-34-20-19-33-18-17-32-16-15-31-14-13-30-12-11-29-10-9-28-8-7-27-6-5-26-4-3-24/h2H,1,3-22H2. The summed E-state index contributed by atoms with van der Waals surface area (Å²) in [7, 11) is 0. The summed E-state index contributed by atoms with van der Waals surface area (Å²) in [5, 5.41) is 0.836. The SMILES string of the molecule is C=CC(=O)OCCOCCOCCOCCOCCOCCOCCOCCOCCOCCBr. The van der Waals surface area contributed by atoms with Gasteiger partial charge in [0, 0.05) is 11.4 Å². The summed E-state index contributed by atoms with van der Waals surface area (Å²) in [6.07, 6.45) is 1.11. The van der Waals surface area contributed by atoms with Crippen LogP contribution in [0, 0.1) is 0 Å². The number of ether oxygens (including phenoxy) is 10. The molecule has 0 N–H and O–H groups in total. The highest BCUT2D eigenvalue weighted by atomic mass is 79.9. The number of hydrogen-bond donors (Lipinski definition) is 0. The summed E-state index contributed by atoms with van der Waals surface area (Å²) < 4.78 is 53.1. The van der Waals surface area contributed by atoms with Crippen LogP contribution in [0.2, 0.25) is 0 Å². The van der Waals surface area contributed by atoms with Gasteiger partial charge in [-0.1, -0.05) is 22.5 Å². The molecule has 11 nitrogen and oxygen atoms in total. The molecule has 0 fully saturated rings. The molecule has 0 amide bonds. The lowest BCUT2D eigenvalue weighted by Crippen LogP contribution is -2.15. The van der Waals surface area contributed by atoms with Crippen LogP contribution in [0.4, 0.5) is 0 Å². The largest absolute Gasteiger partial charge is 0.460 e. The third kappa shape index (κ3) is 31.3. The first-order valence-corrected chi connectivity index (χ1v) is 13.0. The monoisotopic (exact) mass is 574 g/mol. The second kappa shape index (κ2) is 31.4. The zero-order chi connectivity index (χ0) is 25.5. The van der Waals surface area contributed by atoms with Gasteiger partial charge in [0.05, 0.1) is 119 Å². The molecule has 0 unspecified atom stereocenters. The normalized spacial score (nSPS) is 11.1. The molecule has 0 spiro atoms.